The van der Waals surface area contributed by atoms with E-state index < -0.39 is 0 Å². The first-order valence-electron chi connectivity index (χ1n) is 6.79. The predicted octanol–water partition coefficient (Wildman–Crippen LogP) is 3.76. The highest BCUT2D eigenvalue weighted by molar-refractivity contribution is 6.34. The zero-order chi connectivity index (χ0) is 15.4. The van der Waals surface area contributed by atoms with Crippen LogP contribution in [0.5, 0.6) is 0 Å². The van der Waals surface area contributed by atoms with Crippen LogP contribution in [0.2, 0.25) is 10.0 Å². The van der Waals surface area contributed by atoms with Gasteiger partial charge in [0, 0.05) is 18.0 Å². The van der Waals surface area contributed by atoms with E-state index in [0.717, 1.165) is 24.1 Å². The maximum absolute atomic E-state index is 6.30. The number of anilines is 1. The first-order chi connectivity index (χ1) is 10.0. The Bertz CT molecular complexity index is 631. The average Bonchev–Trinajstić information content (AvgIpc) is 2.44. The minimum Gasteiger partial charge on any atom is -0.383 e. The minimum atomic E-state index is -0.206. The highest BCUT2D eigenvalue weighted by Gasteiger charge is 2.21. The number of rotatable bonds is 5. The molecule has 4 nitrogen and oxygen atoms in total. The standard InChI is InChI=1S/C15H18Cl2N4/c1-3-4-19-13(11-5-9(2)7-21-15(11)18)14-12(17)6-10(16)8-20-14/h5-8,13,19H,3-4H2,1-2H3,(H2,18,21). The number of nitrogen functional groups attached to an aromatic ring is 1. The highest BCUT2D eigenvalue weighted by Crippen LogP contribution is 2.31. The molecule has 0 radical (unpaired) electrons. The summed E-state index contributed by atoms with van der Waals surface area (Å²) in [6, 6.07) is 3.48. The lowest BCUT2D eigenvalue weighted by atomic mass is 10.0. The van der Waals surface area contributed by atoms with E-state index in [9.17, 15) is 0 Å². The Morgan fingerprint density at radius 3 is 2.67 bits per heavy atom. The molecule has 0 saturated heterocycles. The second kappa shape index (κ2) is 7.07. The number of nitrogens with two attached hydrogens (primary N) is 1. The fourth-order valence-corrected chi connectivity index (χ4v) is 2.60. The summed E-state index contributed by atoms with van der Waals surface area (Å²) in [6.07, 6.45) is 4.32. The van der Waals surface area contributed by atoms with Gasteiger partial charge in [-0.1, -0.05) is 30.1 Å². The van der Waals surface area contributed by atoms with Gasteiger partial charge in [0.05, 0.1) is 21.8 Å². The van der Waals surface area contributed by atoms with Gasteiger partial charge in [0.15, 0.2) is 0 Å². The van der Waals surface area contributed by atoms with Gasteiger partial charge in [0.25, 0.3) is 0 Å². The molecule has 0 amide bonds. The van der Waals surface area contributed by atoms with E-state index in [4.69, 9.17) is 28.9 Å². The largest absolute Gasteiger partial charge is 0.383 e. The number of hydrogen-bond donors (Lipinski definition) is 2. The van der Waals surface area contributed by atoms with Gasteiger partial charge in [0.1, 0.15) is 5.82 Å². The van der Waals surface area contributed by atoms with Gasteiger partial charge >= 0.3 is 0 Å². The summed E-state index contributed by atoms with van der Waals surface area (Å²) in [6.45, 7) is 4.89. The summed E-state index contributed by atoms with van der Waals surface area (Å²) in [5.74, 6) is 0.474. The van der Waals surface area contributed by atoms with E-state index in [1.807, 2.05) is 13.0 Å². The fraction of sp³-hybridized carbons (Fsp3) is 0.333. The monoisotopic (exact) mass is 324 g/mol. The summed E-state index contributed by atoms with van der Waals surface area (Å²) in [5.41, 5.74) is 8.64. The van der Waals surface area contributed by atoms with Crippen LogP contribution in [0.1, 0.15) is 36.2 Å². The number of pyridine rings is 2. The van der Waals surface area contributed by atoms with Crippen molar-refractivity contribution in [3.63, 3.8) is 0 Å². The average molecular weight is 325 g/mol. The molecule has 3 N–H and O–H groups in total. The van der Waals surface area contributed by atoms with E-state index in [1.165, 1.54) is 0 Å². The number of nitrogens with zero attached hydrogens (tertiary/aromatic N) is 2. The second-order valence-corrected chi connectivity index (χ2v) is 5.74. The molecule has 0 spiro atoms. The molecule has 2 rings (SSSR count). The SMILES string of the molecule is CCCNC(c1cc(C)cnc1N)c1ncc(Cl)cc1Cl. The normalized spacial score (nSPS) is 12.4. The first-order valence-corrected chi connectivity index (χ1v) is 7.54. The summed E-state index contributed by atoms with van der Waals surface area (Å²) in [7, 11) is 0. The Hall–Kier alpha value is -1.36. The van der Waals surface area contributed by atoms with Crippen LogP contribution in [-0.2, 0) is 0 Å². The smallest absolute Gasteiger partial charge is 0.128 e. The molecule has 0 aromatic carbocycles. The van der Waals surface area contributed by atoms with Gasteiger partial charge < -0.3 is 11.1 Å². The van der Waals surface area contributed by atoms with Gasteiger partial charge in [-0.2, -0.15) is 0 Å². The van der Waals surface area contributed by atoms with Crippen LogP contribution in [0.4, 0.5) is 5.82 Å². The van der Waals surface area contributed by atoms with E-state index in [-0.39, 0.29) is 6.04 Å². The molecule has 0 bridgehead atoms. The molecule has 0 saturated carbocycles. The van der Waals surface area contributed by atoms with Crippen molar-refractivity contribution in [3.05, 3.63) is 51.4 Å². The van der Waals surface area contributed by atoms with Crippen LogP contribution < -0.4 is 11.1 Å². The van der Waals surface area contributed by atoms with Gasteiger partial charge in [-0.05, 0) is 37.6 Å². The van der Waals surface area contributed by atoms with E-state index in [1.54, 1.807) is 18.5 Å². The molecule has 6 heteroatoms. The molecule has 0 aliphatic heterocycles. The maximum atomic E-state index is 6.30. The van der Waals surface area contributed by atoms with Gasteiger partial charge in [-0.15, -0.1) is 0 Å². The van der Waals surface area contributed by atoms with E-state index in [2.05, 4.69) is 22.2 Å². The summed E-state index contributed by atoms with van der Waals surface area (Å²) >= 11 is 12.2. The van der Waals surface area contributed by atoms with Crippen molar-refractivity contribution in [2.24, 2.45) is 0 Å². The lowest BCUT2D eigenvalue weighted by Gasteiger charge is -2.21. The van der Waals surface area contributed by atoms with Gasteiger partial charge in [-0.3, -0.25) is 4.98 Å². The third-order valence-corrected chi connectivity index (χ3v) is 3.61. The van der Waals surface area contributed by atoms with Crippen molar-refractivity contribution in [3.8, 4) is 0 Å². The number of hydrogen-bond acceptors (Lipinski definition) is 4. The van der Waals surface area contributed by atoms with E-state index >= 15 is 0 Å². The van der Waals surface area contributed by atoms with Crippen LogP contribution in [0, 0.1) is 6.92 Å². The molecule has 0 aliphatic carbocycles. The zero-order valence-corrected chi connectivity index (χ0v) is 13.5. The van der Waals surface area contributed by atoms with Crippen LogP contribution >= 0.6 is 23.2 Å². The maximum Gasteiger partial charge on any atom is 0.128 e. The van der Waals surface area contributed by atoms with Crippen molar-refractivity contribution in [1.82, 2.24) is 15.3 Å². The van der Waals surface area contributed by atoms with Gasteiger partial charge in [-0.25, -0.2) is 4.98 Å². The predicted molar refractivity (Wildman–Crippen MR) is 87.8 cm³/mol. The van der Waals surface area contributed by atoms with Crippen molar-refractivity contribution >= 4 is 29.0 Å². The third-order valence-electron chi connectivity index (χ3n) is 3.11. The highest BCUT2D eigenvalue weighted by atomic mass is 35.5. The molecule has 2 aromatic heterocycles. The van der Waals surface area contributed by atoms with E-state index in [0.29, 0.717) is 21.6 Å². The number of halogens is 2. The van der Waals surface area contributed by atoms with Crippen LogP contribution in [0.3, 0.4) is 0 Å². The molecule has 1 unspecified atom stereocenters. The van der Waals surface area contributed by atoms with Crippen LogP contribution in [0.15, 0.2) is 24.5 Å². The summed E-state index contributed by atoms with van der Waals surface area (Å²) in [5, 5.41) is 4.44. The lowest BCUT2D eigenvalue weighted by Crippen LogP contribution is -2.25. The Balaban J connectivity index is 2.49. The molecule has 0 fully saturated rings. The molecule has 112 valence electrons. The number of nitrogens with one attached hydrogen (secondary N) is 1. The molecular formula is C15H18Cl2N4. The number of aromatic nitrogens is 2. The number of aryl methyl sites for hydroxylation is 1. The first kappa shape index (κ1) is 16.0. The Kier molecular flexibility index (Phi) is 5.39. The Labute approximate surface area is 134 Å². The molecular weight excluding hydrogens is 307 g/mol. The van der Waals surface area contributed by atoms with Crippen LogP contribution in [0.25, 0.3) is 0 Å². The molecule has 0 aliphatic rings. The fourth-order valence-electron chi connectivity index (χ4n) is 2.11. The van der Waals surface area contributed by atoms with Gasteiger partial charge in [0.2, 0.25) is 0 Å². The molecule has 1 atom stereocenters. The Morgan fingerprint density at radius 2 is 2.00 bits per heavy atom. The summed E-state index contributed by atoms with van der Waals surface area (Å²) < 4.78 is 0. The molecule has 21 heavy (non-hydrogen) atoms. The summed E-state index contributed by atoms with van der Waals surface area (Å²) in [4.78, 5) is 8.59. The zero-order valence-electron chi connectivity index (χ0n) is 12.0. The lowest BCUT2D eigenvalue weighted by molar-refractivity contribution is 0.586. The minimum absolute atomic E-state index is 0.206. The Morgan fingerprint density at radius 1 is 1.24 bits per heavy atom. The van der Waals surface area contributed by atoms with Crippen molar-refractivity contribution in [1.29, 1.82) is 0 Å². The second-order valence-electron chi connectivity index (χ2n) is 4.89. The van der Waals surface area contributed by atoms with Crippen molar-refractivity contribution in [2.45, 2.75) is 26.3 Å². The van der Waals surface area contributed by atoms with Crippen LogP contribution in [-0.4, -0.2) is 16.5 Å². The third kappa shape index (κ3) is 3.84. The van der Waals surface area contributed by atoms with Crippen molar-refractivity contribution < 1.29 is 0 Å². The molecule has 2 aromatic rings. The van der Waals surface area contributed by atoms with Crippen molar-refractivity contribution in [2.75, 3.05) is 12.3 Å². The quantitative estimate of drug-likeness (QED) is 0.878. The topological polar surface area (TPSA) is 63.8 Å². The molecule has 2 heterocycles.